The second kappa shape index (κ2) is 5.96. The SMILES string of the molecule is Cc1nc(N)sc1S(=O)(=O)N(C)CCCN(C)C. The smallest absolute Gasteiger partial charge is 0.254 e. The van der Waals surface area contributed by atoms with Crippen LogP contribution in [0.3, 0.4) is 0 Å². The molecule has 6 nitrogen and oxygen atoms in total. The molecule has 0 aromatic carbocycles. The molecule has 0 spiro atoms. The van der Waals surface area contributed by atoms with Crippen LogP contribution >= 0.6 is 11.3 Å². The predicted molar refractivity (Wildman–Crippen MR) is 74.3 cm³/mol. The summed E-state index contributed by atoms with van der Waals surface area (Å²) in [4.78, 5) is 5.97. The molecular weight excluding hydrogens is 272 g/mol. The first-order valence-electron chi connectivity index (χ1n) is 5.59. The second-order valence-corrected chi connectivity index (χ2v) is 7.68. The third kappa shape index (κ3) is 3.64. The van der Waals surface area contributed by atoms with Crippen LogP contribution in [0.4, 0.5) is 5.13 Å². The summed E-state index contributed by atoms with van der Waals surface area (Å²) in [6, 6.07) is 0. The standard InChI is InChI=1S/C10H20N4O2S2/c1-8-9(17-10(11)12-8)18(15,16)14(4)7-5-6-13(2)3/h5-7H2,1-4H3,(H2,11,12). The number of sulfonamides is 1. The van der Waals surface area contributed by atoms with E-state index in [-0.39, 0.29) is 9.34 Å². The Morgan fingerprint density at radius 2 is 1.89 bits per heavy atom. The quantitative estimate of drug-likeness (QED) is 0.831. The van der Waals surface area contributed by atoms with Crippen molar-refractivity contribution < 1.29 is 8.42 Å². The van der Waals surface area contributed by atoms with Gasteiger partial charge in [0, 0.05) is 13.6 Å². The molecule has 1 rings (SSSR count). The lowest BCUT2D eigenvalue weighted by Crippen LogP contribution is -2.29. The summed E-state index contributed by atoms with van der Waals surface area (Å²) in [6.07, 6.45) is 0.788. The summed E-state index contributed by atoms with van der Waals surface area (Å²) in [5.74, 6) is 0. The lowest BCUT2D eigenvalue weighted by Gasteiger charge is -2.17. The first kappa shape index (κ1) is 15.4. The van der Waals surface area contributed by atoms with Crippen molar-refractivity contribution in [2.75, 3.05) is 40.0 Å². The molecule has 1 aromatic rings. The monoisotopic (exact) mass is 292 g/mol. The number of aromatic nitrogens is 1. The van der Waals surface area contributed by atoms with E-state index in [9.17, 15) is 8.42 Å². The summed E-state index contributed by atoms with van der Waals surface area (Å²) in [7, 11) is 2.05. The third-order valence-corrected chi connectivity index (χ3v) is 5.92. The number of anilines is 1. The highest BCUT2D eigenvalue weighted by Gasteiger charge is 2.25. The van der Waals surface area contributed by atoms with Crippen molar-refractivity contribution >= 4 is 26.5 Å². The fraction of sp³-hybridized carbons (Fsp3) is 0.700. The zero-order chi connectivity index (χ0) is 13.9. The fourth-order valence-corrected chi connectivity index (χ4v) is 4.21. The number of thiazole rings is 1. The van der Waals surface area contributed by atoms with Gasteiger partial charge in [0.1, 0.15) is 0 Å². The Bertz CT molecular complexity index is 496. The normalized spacial score (nSPS) is 12.6. The Kier molecular flexibility index (Phi) is 5.09. The van der Waals surface area contributed by atoms with Crippen LogP contribution in [0.1, 0.15) is 12.1 Å². The van der Waals surface area contributed by atoms with Gasteiger partial charge in [-0.05, 0) is 34.0 Å². The fourth-order valence-electron chi connectivity index (χ4n) is 1.51. The van der Waals surface area contributed by atoms with Crippen molar-refractivity contribution in [3.8, 4) is 0 Å². The molecule has 0 saturated carbocycles. The molecule has 0 radical (unpaired) electrons. The molecular formula is C10H20N4O2S2. The number of rotatable bonds is 6. The lowest BCUT2D eigenvalue weighted by molar-refractivity contribution is 0.370. The van der Waals surface area contributed by atoms with Crippen LogP contribution in [0.25, 0.3) is 0 Å². The third-order valence-electron chi connectivity index (χ3n) is 2.49. The summed E-state index contributed by atoms with van der Waals surface area (Å²) in [5, 5.41) is 0.285. The number of nitrogens with two attached hydrogens (primary N) is 1. The van der Waals surface area contributed by atoms with Crippen LogP contribution in [0.15, 0.2) is 4.21 Å². The predicted octanol–water partition coefficient (Wildman–Crippen LogP) is 0.606. The van der Waals surface area contributed by atoms with Crippen LogP contribution in [0.5, 0.6) is 0 Å². The van der Waals surface area contributed by atoms with Gasteiger partial charge < -0.3 is 10.6 Å². The van der Waals surface area contributed by atoms with Gasteiger partial charge in [-0.2, -0.15) is 0 Å². The minimum atomic E-state index is -3.46. The van der Waals surface area contributed by atoms with Gasteiger partial charge in [-0.15, -0.1) is 0 Å². The lowest BCUT2D eigenvalue weighted by atomic mass is 10.4. The number of nitrogen functional groups attached to an aromatic ring is 1. The molecule has 0 aliphatic heterocycles. The Balaban J connectivity index is 2.77. The maximum absolute atomic E-state index is 12.3. The average molecular weight is 292 g/mol. The molecule has 0 aliphatic carbocycles. The summed E-state index contributed by atoms with van der Waals surface area (Å²) < 4.78 is 26.1. The molecule has 0 fully saturated rings. The van der Waals surface area contributed by atoms with Crippen LogP contribution < -0.4 is 5.73 Å². The molecule has 1 heterocycles. The van der Waals surface area contributed by atoms with Crippen molar-refractivity contribution in [2.24, 2.45) is 0 Å². The average Bonchev–Trinajstić information content (AvgIpc) is 2.57. The van der Waals surface area contributed by atoms with Crippen LogP contribution in [-0.4, -0.2) is 56.8 Å². The maximum atomic E-state index is 12.3. The molecule has 0 saturated heterocycles. The zero-order valence-electron chi connectivity index (χ0n) is 11.2. The van der Waals surface area contributed by atoms with Gasteiger partial charge >= 0.3 is 0 Å². The van der Waals surface area contributed by atoms with E-state index in [0.717, 1.165) is 24.3 Å². The summed E-state index contributed by atoms with van der Waals surface area (Å²) in [5.41, 5.74) is 6.00. The van der Waals surface area contributed by atoms with E-state index in [0.29, 0.717) is 12.2 Å². The molecule has 0 amide bonds. The van der Waals surface area contributed by atoms with E-state index in [1.807, 2.05) is 19.0 Å². The van der Waals surface area contributed by atoms with Gasteiger partial charge in [-0.25, -0.2) is 17.7 Å². The molecule has 2 N–H and O–H groups in total. The molecule has 8 heteroatoms. The van der Waals surface area contributed by atoms with Crippen molar-refractivity contribution in [1.82, 2.24) is 14.2 Å². The number of hydrogen-bond donors (Lipinski definition) is 1. The van der Waals surface area contributed by atoms with E-state index in [1.165, 1.54) is 4.31 Å². The Morgan fingerprint density at radius 1 is 1.28 bits per heavy atom. The Labute approximate surface area is 112 Å². The number of aryl methyl sites for hydroxylation is 1. The Morgan fingerprint density at radius 3 is 2.33 bits per heavy atom. The molecule has 18 heavy (non-hydrogen) atoms. The van der Waals surface area contributed by atoms with E-state index in [4.69, 9.17) is 5.73 Å². The molecule has 104 valence electrons. The van der Waals surface area contributed by atoms with Crippen molar-refractivity contribution in [2.45, 2.75) is 17.6 Å². The van der Waals surface area contributed by atoms with Crippen LogP contribution in [0.2, 0.25) is 0 Å². The van der Waals surface area contributed by atoms with Crippen molar-refractivity contribution in [3.63, 3.8) is 0 Å². The van der Waals surface area contributed by atoms with Gasteiger partial charge in [0.15, 0.2) is 9.34 Å². The first-order chi connectivity index (χ1) is 8.25. The molecule has 0 bridgehead atoms. The molecule has 0 atom stereocenters. The zero-order valence-corrected chi connectivity index (χ0v) is 12.8. The van der Waals surface area contributed by atoms with E-state index in [1.54, 1.807) is 14.0 Å². The van der Waals surface area contributed by atoms with E-state index < -0.39 is 10.0 Å². The minimum absolute atomic E-state index is 0.243. The van der Waals surface area contributed by atoms with Gasteiger partial charge in [0.2, 0.25) is 0 Å². The van der Waals surface area contributed by atoms with Crippen LogP contribution in [-0.2, 0) is 10.0 Å². The summed E-state index contributed by atoms with van der Waals surface area (Å²) >= 11 is 1.02. The second-order valence-electron chi connectivity index (χ2n) is 4.41. The van der Waals surface area contributed by atoms with Crippen molar-refractivity contribution in [1.29, 1.82) is 0 Å². The van der Waals surface area contributed by atoms with Crippen LogP contribution in [0, 0.1) is 6.92 Å². The van der Waals surface area contributed by atoms with E-state index in [2.05, 4.69) is 4.98 Å². The van der Waals surface area contributed by atoms with Gasteiger partial charge in [0.05, 0.1) is 5.69 Å². The number of nitrogens with zero attached hydrogens (tertiary/aromatic N) is 3. The molecule has 0 unspecified atom stereocenters. The molecule has 0 aliphatic rings. The maximum Gasteiger partial charge on any atom is 0.254 e. The Hall–Kier alpha value is -0.700. The highest BCUT2D eigenvalue weighted by Crippen LogP contribution is 2.27. The van der Waals surface area contributed by atoms with Crippen molar-refractivity contribution in [3.05, 3.63) is 5.69 Å². The largest absolute Gasteiger partial charge is 0.375 e. The summed E-state index contributed by atoms with van der Waals surface area (Å²) in [6.45, 7) is 2.99. The highest BCUT2D eigenvalue weighted by atomic mass is 32.2. The highest BCUT2D eigenvalue weighted by molar-refractivity contribution is 7.91. The molecule has 1 aromatic heterocycles. The van der Waals surface area contributed by atoms with E-state index >= 15 is 0 Å². The minimum Gasteiger partial charge on any atom is -0.375 e. The van der Waals surface area contributed by atoms with Gasteiger partial charge in [-0.1, -0.05) is 11.3 Å². The van der Waals surface area contributed by atoms with Gasteiger partial charge in [-0.3, -0.25) is 0 Å². The number of hydrogen-bond acceptors (Lipinski definition) is 6. The van der Waals surface area contributed by atoms with Gasteiger partial charge in [0.25, 0.3) is 10.0 Å². The first-order valence-corrected chi connectivity index (χ1v) is 7.84. The topological polar surface area (TPSA) is 79.5 Å².